The van der Waals surface area contributed by atoms with Gasteiger partial charge in [0, 0.05) is 20.3 Å². The van der Waals surface area contributed by atoms with Crippen LogP contribution in [0.1, 0.15) is 5.56 Å². The molecule has 0 radical (unpaired) electrons. The van der Waals surface area contributed by atoms with Crippen molar-refractivity contribution in [3.8, 4) is 6.07 Å². The molecule has 2 aromatic heterocycles. The van der Waals surface area contributed by atoms with E-state index in [0.717, 1.165) is 4.31 Å². The number of anilines is 1. The summed E-state index contributed by atoms with van der Waals surface area (Å²) in [5.74, 6) is -0.152. The quantitative estimate of drug-likeness (QED) is 0.767. The maximum Gasteiger partial charge on any atom is 0.244 e. The fourth-order valence-electron chi connectivity index (χ4n) is 1.61. The van der Waals surface area contributed by atoms with Crippen LogP contribution in [0, 0.1) is 11.3 Å². The number of nitrogens with zero attached hydrogens (tertiary/aromatic N) is 3. The van der Waals surface area contributed by atoms with Crippen molar-refractivity contribution in [2.45, 2.75) is 9.92 Å². The van der Waals surface area contributed by atoms with Gasteiger partial charge in [-0.3, -0.25) is 4.79 Å². The smallest absolute Gasteiger partial charge is 0.244 e. The molecule has 126 valence electrons. The van der Waals surface area contributed by atoms with Gasteiger partial charge >= 0.3 is 0 Å². The van der Waals surface area contributed by atoms with Gasteiger partial charge in [-0.25, -0.2) is 17.7 Å². The molecule has 0 bridgehead atoms. The van der Waals surface area contributed by atoms with Gasteiger partial charge in [0.2, 0.25) is 15.9 Å². The van der Waals surface area contributed by atoms with Crippen LogP contribution in [0.2, 0.25) is 0 Å². The lowest BCUT2D eigenvalue weighted by molar-refractivity contribution is -0.113. The molecule has 0 fully saturated rings. The highest BCUT2D eigenvalue weighted by Crippen LogP contribution is 2.23. The summed E-state index contributed by atoms with van der Waals surface area (Å²) in [6.45, 7) is 0. The minimum atomic E-state index is -3.51. The highest BCUT2D eigenvalue weighted by molar-refractivity contribution is 7.99. The highest BCUT2D eigenvalue weighted by atomic mass is 32.2. The molecule has 1 N–H and O–H groups in total. The van der Waals surface area contributed by atoms with Crippen molar-refractivity contribution in [2.24, 2.45) is 0 Å². The van der Waals surface area contributed by atoms with Gasteiger partial charge in [-0.1, -0.05) is 11.8 Å². The van der Waals surface area contributed by atoms with Gasteiger partial charge in [0.15, 0.2) is 0 Å². The number of thioether (sulfide) groups is 1. The Kier molecular flexibility index (Phi) is 5.95. The molecule has 0 aliphatic rings. The number of amides is 1. The minimum absolute atomic E-state index is 0.0959. The van der Waals surface area contributed by atoms with E-state index in [1.165, 1.54) is 49.5 Å². The third-order valence-electron chi connectivity index (χ3n) is 2.88. The number of pyridine rings is 1. The van der Waals surface area contributed by atoms with E-state index in [2.05, 4.69) is 10.3 Å². The molecule has 0 atom stereocenters. The van der Waals surface area contributed by atoms with Crippen LogP contribution in [0.3, 0.4) is 0 Å². The first-order valence-corrected chi connectivity index (χ1v) is 9.94. The van der Waals surface area contributed by atoms with E-state index >= 15 is 0 Å². The van der Waals surface area contributed by atoms with Gasteiger partial charge in [0.25, 0.3) is 0 Å². The molecule has 0 aromatic carbocycles. The van der Waals surface area contributed by atoms with Gasteiger partial charge in [-0.05, 0) is 23.6 Å². The Morgan fingerprint density at radius 1 is 1.42 bits per heavy atom. The highest BCUT2D eigenvalue weighted by Gasteiger charge is 2.17. The van der Waals surface area contributed by atoms with Gasteiger partial charge in [-0.15, -0.1) is 11.3 Å². The third-order valence-corrected chi connectivity index (χ3v) is 6.45. The fourth-order valence-corrected chi connectivity index (χ4v) is 3.86. The maximum absolute atomic E-state index is 11.9. The Morgan fingerprint density at radius 3 is 2.75 bits per heavy atom. The number of nitrogens with one attached hydrogen (secondary N) is 1. The molecule has 0 unspecified atom stereocenters. The van der Waals surface area contributed by atoms with Crippen molar-refractivity contribution in [1.29, 1.82) is 5.26 Å². The zero-order valence-electron chi connectivity index (χ0n) is 12.9. The first-order valence-electron chi connectivity index (χ1n) is 6.63. The summed E-state index contributed by atoms with van der Waals surface area (Å²) in [6, 6.07) is 6.65. The molecule has 0 saturated heterocycles. The number of hydrogen-bond donors (Lipinski definition) is 1. The number of carbonyl (C=O) groups is 1. The number of thiophene rings is 1. The monoisotopic (exact) mass is 382 g/mol. The Bertz CT molecular complexity index is 867. The minimum Gasteiger partial charge on any atom is -0.316 e. The average molecular weight is 382 g/mol. The van der Waals surface area contributed by atoms with Crippen molar-refractivity contribution in [3.63, 3.8) is 0 Å². The summed E-state index contributed by atoms with van der Waals surface area (Å²) in [5, 5.41) is 14.3. The molecule has 24 heavy (non-hydrogen) atoms. The number of aromatic nitrogens is 1. The zero-order chi connectivity index (χ0) is 17.7. The predicted octanol–water partition coefficient (Wildman–Crippen LogP) is 2.00. The molecular weight excluding hydrogens is 368 g/mol. The van der Waals surface area contributed by atoms with Crippen LogP contribution < -0.4 is 5.32 Å². The Morgan fingerprint density at radius 2 is 2.17 bits per heavy atom. The topological polar surface area (TPSA) is 103 Å². The summed E-state index contributed by atoms with van der Waals surface area (Å²) in [5.41, 5.74) is 0.426. The number of hydrogen-bond acceptors (Lipinski definition) is 7. The number of rotatable bonds is 6. The lowest BCUT2D eigenvalue weighted by Crippen LogP contribution is -2.22. The summed E-state index contributed by atoms with van der Waals surface area (Å²) in [6.07, 6.45) is 1.27. The Balaban J connectivity index is 1.95. The van der Waals surface area contributed by atoms with Crippen molar-refractivity contribution < 1.29 is 13.2 Å². The molecule has 2 aromatic rings. The molecule has 0 saturated carbocycles. The van der Waals surface area contributed by atoms with E-state index < -0.39 is 10.0 Å². The molecule has 1 amide bonds. The van der Waals surface area contributed by atoms with Crippen LogP contribution in [0.25, 0.3) is 0 Å². The maximum atomic E-state index is 11.9. The van der Waals surface area contributed by atoms with Gasteiger partial charge in [-0.2, -0.15) is 5.26 Å². The van der Waals surface area contributed by atoms with E-state index in [1.807, 2.05) is 6.07 Å². The zero-order valence-corrected chi connectivity index (χ0v) is 15.3. The molecule has 10 heteroatoms. The largest absolute Gasteiger partial charge is 0.316 e. The van der Waals surface area contributed by atoms with Crippen LogP contribution in [0.4, 0.5) is 5.00 Å². The summed E-state index contributed by atoms with van der Waals surface area (Å²) in [4.78, 5) is 16.1. The van der Waals surface area contributed by atoms with Gasteiger partial charge in [0.1, 0.15) is 16.0 Å². The second kappa shape index (κ2) is 7.76. The van der Waals surface area contributed by atoms with E-state index in [-0.39, 0.29) is 16.6 Å². The van der Waals surface area contributed by atoms with Crippen LogP contribution in [-0.2, 0) is 14.8 Å². The number of sulfonamides is 1. The number of carbonyl (C=O) groups excluding carboxylic acids is 1. The predicted molar refractivity (Wildman–Crippen MR) is 93.5 cm³/mol. The summed E-state index contributed by atoms with van der Waals surface area (Å²) in [7, 11) is -0.620. The normalized spacial score (nSPS) is 11.2. The van der Waals surface area contributed by atoms with Crippen LogP contribution in [0.5, 0.6) is 0 Å². The average Bonchev–Trinajstić information content (AvgIpc) is 3.00. The van der Waals surface area contributed by atoms with Crippen LogP contribution >= 0.6 is 23.1 Å². The lowest BCUT2D eigenvalue weighted by Gasteiger charge is -2.11. The fraction of sp³-hybridized carbons (Fsp3) is 0.214. The Hall–Kier alpha value is -1.93. The molecule has 0 aliphatic heterocycles. The van der Waals surface area contributed by atoms with E-state index in [1.54, 1.807) is 17.5 Å². The van der Waals surface area contributed by atoms with Gasteiger partial charge in [0.05, 0.1) is 16.3 Å². The molecule has 2 rings (SSSR count). The standard InChI is InChI=1S/C14H14N4O3S3/c1-18(2)24(20,21)11-3-4-13(16-8-11)23-9-12(19)17-14-10(7-15)5-6-22-14/h3-6,8H,9H2,1-2H3,(H,17,19). The van der Waals surface area contributed by atoms with Crippen molar-refractivity contribution in [2.75, 3.05) is 25.2 Å². The first kappa shape index (κ1) is 18.4. The van der Waals surface area contributed by atoms with Crippen LogP contribution in [0.15, 0.2) is 39.7 Å². The molecule has 2 heterocycles. The van der Waals surface area contributed by atoms with E-state index in [4.69, 9.17) is 5.26 Å². The van der Waals surface area contributed by atoms with Crippen molar-refractivity contribution in [3.05, 3.63) is 35.3 Å². The van der Waals surface area contributed by atoms with Gasteiger partial charge < -0.3 is 5.32 Å². The SMILES string of the molecule is CN(C)S(=O)(=O)c1ccc(SCC(=O)Nc2sccc2C#N)nc1. The van der Waals surface area contributed by atoms with Crippen molar-refractivity contribution in [1.82, 2.24) is 9.29 Å². The lowest BCUT2D eigenvalue weighted by atomic mass is 10.3. The number of nitriles is 1. The second-order valence-electron chi connectivity index (χ2n) is 4.73. The first-order chi connectivity index (χ1) is 11.3. The summed E-state index contributed by atoms with van der Waals surface area (Å²) < 4.78 is 25.0. The second-order valence-corrected chi connectivity index (χ2v) is 8.80. The van der Waals surface area contributed by atoms with E-state index in [0.29, 0.717) is 15.6 Å². The molecule has 0 aliphatic carbocycles. The molecule has 0 spiro atoms. The van der Waals surface area contributed by atoms with Crippen LogP contribution in [-0.4, -0.2) is 43.5 Å². The summed E-state index contributed by atoms with van der Waals surface area (Å²) >= 11 is 2.46. The third kappa shape index (κ3) is 4.33. The Labute approximate surface area is 148 Å². The molecular formula is C14H14N4O3S3. The van der Waals surface area contributed by atoms with Crippen molar-refractivity contribution >= 4 is 44.0 Å². The van der Waals surface area contributed by atoms with E-state index in [9.17, 15) is 13.2 Å². The molecule has 7 nitrogen and oxygen atoms in total.